The number of hydrogen-bond donors (Lipinski definition) is 3. The Kier molecular flexibility index (Phi) is 4.31. The SMILES string of the molecule is CC(C)C(N)C(=O)NCc1ccccc1O. The molecular weight excluding hydrogens is 204 g/mol. The van der Waals surface area contributed by atoms with Gasteiger partial charge in [0, 0.05) is 12.1 Å². The zero-order valence-corrected chi connectivity index (χ0v) is 9.60. The topological polar surface area (TPSA) is 75.4 Å². The Balaban J connectivity index is 2.52. The number of hydrogen-bond acceptors (Lipinski definition) is 3. The zero-order valence-electron chi connectivity index (χ0n) is 9.60. The van der Waals surface area contributed by atoms with Crippen LogP contribution in [-0.2, 0) is 11.3 Å². The zero-order chi connectivity index (χ0) is 12.1. The van der Waals surface area contributed by atoms with Crippen molar-refractivity contribution in [2.75, 3.05) is 0 Å². The molecule has 1 unspecified atom stereocenters. The number of phenols is 1. The molecule has 0 heterocycles. The maximum Gasteiger partial charge on any atom is 0.237 e. The Hall–Kier alpha value is -1.55. The Morgan fingerprint density at radius 1 is 1.44 bits per heavy atom. The maximum absolute atomic E-state index is 11.6. The van der Waals surface area contributed by atoms with Crippen molar-refractivity contribution in [2.24, 2.45) is 11.7 Å². The minimum atomic E-state index is -0.508. The van der Waals surface area contributed by atoms with E-state index in [9.17, 15) is 9.90 Å². The van der Waals surface area contributed by atoms with Crippen LogP contribution in [0.25, 0.3) is 0 Å². The van der Waals surface area contributed by atoms with E-state index in [4.69, 9.17) is 5.73 Å². The molecule has 0 spiro atoms. The molecule has 0 fully saturated rings. The standard InChI is InChI=1S/C12H18N2O2/c1-8(2)11(13)12(16)14-7-9-5-3-4-6-10(9)15/h3-6,8,11,15H,7,13H2,1-2H3,(H,14,16). The van der Waals surface area contributed by atoms with E-state index in [2.05, 4.69) is 5.32 Å². The highest BCUT2D eigenvalue weighted by Gasteiger charge is 2.16. The largest absolute Gasteiger partial charge is 0.508 e. The van der Waals surface area contributed by atoms with Crippen LogP contribution in [0.5, 0.6) is 5.75 Å². The third-order valence-electron chi connectivity index (χ3n) is 2.47. The number of amides is 1. The molecule has 4 nitrogen and oxygen atoms in total. The molecule has 0 aliphatic carbocycles. The summed E-state index contributed by atoms with van der Waals surface area (Å²) in [6.45, 7) is 4.08. The number of carbonyl (C=O) groups excluding carboxylic acids is 1. The predicted octanol–water partition coefficient (Wildman–Crippen LogP) is 0.992. The van der Waals surface area contributed by atoms with E-state index in [1.54, 1.807) is 18.2 Å². The lowest BCUT2D eigenvalue weighted by Gasteiger charge is -2.15. The summed E-state index contributed by atoms with van der Waals surface area (Å²) in [7, 11) is 0. The molecule has 0 aliphatic heterocycles. The van der Waals surface area contributed by atoms with E-state index >= 15 is 0 Å². The summed E-state index contributed by atoms with van der Waals surface area (Å²) in [5.41, 5.74) is 6.37. The van der Waals surface area contributed by atoms with E-state index in [0.717, 1.165) is 0 Å². The van der Waals surface area contributed by atoms with Crippen molar-refractivity contribution in [1.82, 2.24) is 5.32 Å². The van der Waals surface area contributed by atoms with Gasteiger partial charge in [-0.25, -0.2) is 0 Å². The summed E-state index contributed by atoms with van der Waals surface area (Å²) in [4.78, 5) is 11.6. The van der Waals surface area contributed by atoms with Crippen LogP contribution in [0.2, 0.25) is 0 Å². The fourth-order valence-corrected chi connectivity index (χ4v) is 1.26. The van der Waals surface area contributed by atoms with Crippen molar-refractivity contribution in [3.8, 4) is 5.75 Å². The van der Waals surface area contributed by atoms with Crippen molar-refractivity contribution in [3.05, 3.63) is 29.8 Å². The van der Waals surface area contributed by atoms with Crippen LogP contribution in [0.3, 0.4) is 0 Å². The lowest BCUT2D eigenvalue weighted by Crippen LogP contribution is -2.43. The average Bonchev–Trinajstić information content (AvgIpc) is 2.26. The number of carbonyl (C=O) groups is 1. The molecule has 0 aliphatic rings. The van der Waals surface area contributed by atoms with Crippen molar-refractivity contribution >= 4 is 5.91 Å². The van der Waals surface area contributed by atoms with Crippen LogP contribution in [-0.4, -0.2) is 17.1 Å². The molecule has 0 aromatic heterocycles. The highest BCUT2D eigenvalue weighted by molar-refractivity contribution is 5.81. The van der Waals surface area contributed by atoms with Crippen molar-refractivity contribution in [1.29, 1.82) is 0 Å². The van der Waals surface area contributed by atoms with Crippen LogP contribution in [0, 0.1) is 5.92 Å². The summed E-state index contributed by atoms with van der Waals surface area (Å²) in [5.74, 6) is 0.0866. The minimum Gasteiger partial charge on any atom is -0.508 e. The summed E-state index contributed by atoms with van der Waals surface area (Å²) >= 11 is 0. The third-order valence-corrected chi connectivity index (χ3v) is 2.47. The molecule has 1 rings (SSSR count). The molecule has 0 saturated carbocycles. The fraction of sp³-hybridized carbons (Fsp3) is 0.417. The second-order valence-corrected chi connectivity index (χ2v) is 4.12. The number of aromatic hydroxyl groups is 1. The van der Waals surface area contributed by atoms with Gasteiger partial charge in [-0.2, -0.15) is 0 Å². The van der Waals surface area contributed by atoms with Gasteiger partial charge in [0.15, 0.2) is 0 Å². The first-order valence-corrected chi connectivity index (χ1v) is 5.32. The highest BCUT2D eigenvalue weighted by atomic mass is 16.3. The summed E-state index contributed by atoms with van der Waals surface area (Å²) in [5, 5.41) is 12.2. The van der Waals surface area contributed by atoms with Crippen LogP contribution in [0.1, 0.15) is 19.4 Å². The molecule has 0 saturated heterocycles. The first kappa shape index (κ1) is 12.5. The molecule has 1 aromatic rings. The molecule has 1 atom stereocenters. The first-order valence-electron chi connectivity index (χ1n) is 5.32. The van der Waals surface area contributed by atoms with Crippen LogP contribution in [0.4, 0.5) is 0 Å². The van der Waals surface area contributed by atoms with Gasteiger partial charge in [-0.1, -0.05) is 32.0 Å². The Morgan fingerprint density at radius 3 is 2.62 bits per heavy atom. The maximum atomic E-state index is 11.6. The predicted molar refractivity (Wildman–Crippen MR) is 62.8 cm³/mol. The summed E-state index contributed by atoms with van der Waals surface area (Å²) in [6, 6.07) is 6.38. The van der Waals surface area contributed by atoms with Gasteiger partial charge < -0.3 is 16.2 Å². The average molecular weight is 222 g/mol. The highest BCUT2D eigenvalue weighted by Crippen LogP contribution is 2.14. The van der Waals surface area contributed by atoms with Gasteiger partial charge in [-0.05, 0) is 12.0 Å². The lowest BCUT2D eigenvalue weighted by molar-refractivity contribution is -0.123. The number of phenolic OH excluding ortho intramolecular Hbond substituents is 1. The van der Waals surface area contributed by atoms with Crippen molar-refractivity contribution in [2.45, 2.75) is 26.4 Å². The summed E-state index contributed by atoms with van der Waals surface area (Å²) < 4.78 is 0. The number of benzene rings is 1. The molecule has 4 heteroatoms. The first-order chi connectivity index (χ1) is 7.52. The van der Waals surface area contributed by atoms with E-state index in [-0.39, 0.29) is 17.6 Å². The molecule has 1 aromatic carbocycles. The second kappa shape index (κ2) is 5.51. The van der Waals surface area contributed by atoms with Crippen molar-refractivity contribution in [3.63, 3.8) is 0 Å². The molecule has 1 amide bonds. The number of para-hydroxylation sites is 1. The van der Waals surface area contributed by atoms with Gasteiger partial charge in [-0.3, -0.25) is 4.79 Å². The Morgan fingerprint density at radius 2 is 2.06 bits per heavy atom. The molecule has 0 bridgehead atoms. The van der Waals surface area contributed by atoms with Gasteiger partial charge >= 0.3 is 0 Å². The van der Waals surface area contributed by atoms with Gasteiger partial charge in [0.2, 0.25) is 5.91 Å². The lowest BCUT2D eigenvalue weighted by atomic mass is 10.0. The number of nitrogens with one attached hydrogen (secondary N) is 1. The van der Waals surface area contributed by atoms with E-state index in [1.165, 1.54) is 0 Å². The fourth-order valence-electron chi connectivity index (χ4n) is 1.26. The molecule has 88 valence electrons. The Labute approximate surface area is 95.5 Å². The van der Waals surface area contributed by atoms with E-state index in [0.29, 0.717) is 12.1 Å². The van der Waals surface area contributed by atoms with Gasteiger partial charge in [0.1, 0.15) is 5.75 Å². The quantitative estimate of drug-likeness (QED) is 0.711. The van der Waals surface area contributed by atoms with Crippen LogP contribution < -0.4 is 11.1 Å². The second-order valence-electron chi connectivity index (χ2n) is 4.12. The van der Waals surface area contributed by atoms with E-state index < -0.39 is 6.04 Å². The molecule has 0 radical (unpaired) electrons. The van der Waals surface area contributed by atoms with Gasteiger partial charge in [0.25, 0.3) is 0 Å². The van der Waals surface area contributed by atoms with Crippen LogP contribution >= 0.6 is 0 Å². The molecule has 16 heavy (non-hydrogen) atoms. The van der Waals surface area contributed by atoms with E-state index in [1.807, 2.05) is 19.9 Å². The Bertz CT molecular complexity index is 364. The van der Waals surface area contributed by atoms with Gasteiger partial charge in [0.05, 0.1) is 6.04 Å². The smallest absolute Gasteiger partial charge is 0.237 e. The number of nitrogens with two attached hydrogens (primary N) is 1. The minimum absolute atomic E-state index is 0.101. The third kappa shape index (κ3) is 3.24. The van der Waals surface area contributed by atoms with Crippen LogP contribution in [0.15, 0.2) is 24.3 Å². The molecular formula is C12H18N2O2. The monoisotopic (exact) mass is 222 g/mol. The van der Waals surface area contributed by atoms with Crippen molar-refractivity contribution < 1.29 is 9.90 Å². The molecule has 4 N–H and O–H groups in total. The number of rotatable bonds is 4. The van der Waals surface area contributed by atoms with Gasteiger partial charge in [-0.15, -0.1) is 0 Å². The normalized spacial score (nSPS) is 12.5. The summed E-state index contributed by atoms with van der Waals surface area (Å²) in [6.07, 6.45) is 0.